The Labute approximate surface area is 152 Å². The van der Waals surface area contributed by atoms with Gasteiger partial charge in [0.05, 0.1) is 24.0 Å². The lowest BCUT2D eigenvalue weighted by molar-refractivity contribution is 0.0706. The maximum absolute atomic E-state index is 11.6. The van der Waals surface area contributed by atoms with E-state index in [-0.39, 0.29) is 0 Å². The van der Waals surface area contributed by atoms with Gasteiger partial charge in [0.15, 0.2) is 0 Å². The summed E-state index contributed by atoms with van der Waals surface area (Å²) in [6.45, 7) is 4.14. The van der Waals surface area contributed by atoms with E-state index in [0.717, 1.165) is 30.4 Å². The number of hydroxylamine groups is 1. The van der Waals surface area contributed by atoms with Gasteiger partial charge < -0.3 is 9.30 Å². The second-order valence-corrected chi connectivity index (χ2v) is 6.16. The molecule has 0 unspecified atom stereocenters. The molecule has 3 rings (SSSR count). The molecule has 0 radical (unpaired) electrons. The van der Waals surface area contributed by atoms with Crippen molar-refractivity contribution in [1.82, 2.24) is 15.0 Å². The molecule has 2 N–H and O–H groups in total. The Bertz CT molecular complexity index is 872. The molecule has 0 saturated carbocycles. The number of aryl methyl sites for hydroxylation is 2. The summed E-state index contributed by atoms with van der Waals surface area (Å²) in [6.07, 6.45) is 3.64. The molecule has 0 bridgehead atoms. The molecule has 0 aliphatic carbocycles. The fourth-order valence-corrected chi connectivity index (χ4v) is 2.84. The fraction of sp³-hybridized carbons (Fsp3) is 0.300. The maximum Gasteiger partial charge on any atom is 0.274 e. The minimum absolute atomic E-state index is 0.397. The standard InChI is InChI=1S/C20H23N3O3/c1-2-15-4-6-16(7-5-15)13-26-11-3-10-23-14-21-18-9-8-17(12-19(18)23)20(24)22-25/h4-9,12,14,25H,2-3,10-11,13H2,1H3,(H,22,24). The molecule has 0 aliphatic rings. The molecular formula is C20H23N3O3. The van der Waals surface area contributed by atoms with Gasteiger partial charge in [-0.15, -0.1) is 0 Å². The Hall–Kier alpha value is -2.70. The van der Waals surface area contributed by atoms with Crippen LogP contribution in [0.2, 0.25) is 0 Å². The molecular weight excluding hydrogens is 330 g/mol. The molecule has 1 heterocycles. The van der Waals surface area contributed by atoms with E-state index >= 15 is 0 Å². The zero-order valence-electron chi connectivity index (χ0n) is 14.8. The molecule has 6 heteroatoms. The van der Waals surface area contributed by atoms with Gasteiger partial charge in [-0.25, -0.2) is 10.5 Å². The van der Waals surface area contributed by atoms with Crippen molar-refractivity contribution in [1.29, 1.82) is 0 Å². The Morgan fingerprint density at radius 3 is 2.69 bits per heavy atom. The largest absolute Gasteiger partial charge is 0.377 e. The van der Waals surface area contributed by atoms with Crippen LogP contribution in [0.3, 0.4) is 0 Å². The van der Waals surface area contributed by atoms with Gasteiger partial charge in [0.2, 0.25) is 0 Å². The number of carbonyl (C=O) groups excluding carboxylic acids is 1. The highest BCUT2D eigenvalue weighted by Gasteiger charge is 2.08. The number of hydrogen-bond donors (Lipinski definition) is 2. The zero-order chi connectivity index (χ0) is 18.4. The van der Waals surface area contributed by atoms with E-state index in [0.29, 0.717) is 18.8 Å². The second kappa shape index (κ2) is 8.60. The molecule has 136 valence electrons. The van der Waals surface area contributed by atoms with Gasteiger partial charge in [-0.05, 0) is 42.2 Å². The maximum atomic E-state index is 11.6. The lowest BCUT2D eigenvalue weighted by atomic mass is 10.1. The normalized spacial score (nSPS) is 11.0. The SMILES string of the molecule is CCc1ccc(COCCCn2cnc3ccc(C(=O)NO)cc32)cc1. The summed E-state index contributed by atoms with van der Waals surface area (Å²) in [5.41, 5.74) is 6.23. The lowest BCUT2D eigenvalue weighted by Crippen LogP contribution is -2.18. The summed E-state index contributed by atoms with van der Waals surface area (Å²) >= 11 is 0. The molecule has 0 atom stereocenters. The van der Waals surface area contributed by atoms with Crippen molar-refractivity contribution in [3.63, 3.8) is 0 Å². The highest BCUT2D eigenvalue weighted by atomic mass is 16.5. The summed E-state index contributed by atoms with van der Waals surface area (Å²) in [6, 6.07) is 13.6. The van der Waals surface area contributed by atoms with Gasteiger partial charge in [0.1, 0.15) is 0 Å². The number of ether oxygens (including phenoxy) is 1. The van der Waals surface area contributed by atoms with Crippen molar-refractivity contribution in [3.8, 4) is 0 Å². The van der Waals surface area contributed by atoms with Crippen LogP contribution in [0.4, 0.5) is 0 Å². The van der Waals surface area contributed by atoms with E-state index in [1.54, 1.807) is 30.0 Å². The highest BCUT2D eigenvalue weighted by molar-refractivity contribution is 5.96. The van der Waals surface area contributed by atoms with Gasteiger partial charge in [0, 0.05) is 18.7 Å². The van der Waals surface area contributed by atoms with Crippen LogP contribution in [-0.2, 0) is 24.3 Å². The molecule has 6 nitrogen and oxygen atoms in total. The number of aromatic nitrogens is 2. The third kappa shape index (κ3) is 4.28. The van der Waals surface area contributed by atoms with Crippen LogP contribution in [0, 0.1) is 0 Å². The van der Waals surface area contributed by atoms with E-state index in [4.69, 9.17) is 9.94 Å². The van der Waals surface area contributed by atoms with Crippen LogP contribution in [0.5, 0.6) is 0 Å². The van der Waals surface area contributed by atoms with Crippen molar-refractivity contribution in [2.45, 2.75) is 32.9 Å². The molecule has 0 spiro atoms. The number of nitrogens with one attached hydrogen (secondary N) is 1. The monoisotopic (exact) mass is 353 g/mol. The number of amides is 1. The molecule has 0 fully saturated rings. The minimum Gasteiger partial charge on any atom is -0.377 e. The van der Waals surface area contributed by atoms with Crippen molar-refractivity contribution >= 4 is 16.9 Å². The molecule has 0 saturated heterocycles. The van der Waals surface area contributed by atoms with Crippen molar-refractivity contribution in [3.05, 3.63) is 65.5 Å². The lowest BCUT2D eigenvalue weighted by Gasteiger charge is -2.07. The average Bonchev–Trinajstić information content (AvgIpc) is 3.10. The number of imidazole rings is 1. The second-order valence-electron chi connectivity index (χ2n) is 6.16. The van der Waals surface area contributed by atoms with Crippen LogP contribution < -0.4 is 5.48 Å². The summed E-state index contributed by atoms with van der Waals surface area (Å²) in [7, 11) is 0. The minimum atomic E-state index is -0.530. The number of rotatable bonds is 8. The topological polar surface area (TPSA) is 76.4 Å². The number of fused-ring (bicyclic) bond motifs is 1. The van der Waals surface area contributed by atoms with Gasteiger partial charge in [-0.1, -0.05) is 31.2 Å². The van der Waals surface area contributed by atoms with Crippen molar-refractivity contribution in [2.75, 3.05) is 6.61 Å². The van der Waals surface area contributed by atoms with E-state index < -0.39 is 5.91 Å². The number of nitrogens with zero attached hydrogens (tertiary/aromatic N) is 2. The first-order valence-electron chi connectivity index (χ1n) is 8.76. The smallest absolute Gasteiger partial charge is 0.274 e. The first-order valence-corrected chi connectivity index (χ1v) is 8.76. The summed E-state index contributed by atoms with van der Waals surface area (Å²) < 4.78 is 7.74. The predicted molar refractivity (Wildman–Crippen MR) is 99.1 cm³/mol. The average molecular weight is 353 g/mol. The van der Waals surface area contributed by atoms with E-state index in [2.05, 4.69) is 36.2 Å². The van der Waals surface area contributed by atoms with E-state index in [9.17, 15) is 4.79 Å². The Balaban J connectivity index is 1.52. The van der Waals surface area contributed by atoms with Crippen LogP contribution in [0.1, 0.15) is 34.8 Å². The summed E-state index contributed by atoms with van der Waals surface area (Å²) in [5, 5.41) is 8.77. The van der Waals surface area contributed by atoms with Gasteiger partial charge >= 0.3 is 0 Å². The highest BCUT2D eigenvalue weighted by Crippen LogP contribution is 2.16. The van der Waals surface area contributed by atoms with Crippen LogP contribution in [-0.4, -0.2) is 27.3 Å². The third-order valence-electron chi connectivity index (χ3n) is 4.37. The number of carbonyl (C=O) groups is 1. The molecule has 3 aromatic rings. The Kier molecular flexibility index (Phi) is 5.99. The van der Waals surface area contributed by atoms with E-state index in [1.807, 2.05) is 4.57 Å². The van der Waals surface area contributed by atoms with Crippen LogP contribution in [0.25, 0.3) is 11.0 Å². The van der Waals surface area contributed by atoms with Crippen LogP contribution >= 0.6 is 0 Å². The molecule has 0 aliphatic heterocycles. The number of hydrogen-bond acceptors (Lipinski definition) is 4. The third-order valence-corrected chi connectivity index (χ3v) is 4.37. The van der Waals surface area contributed by atoms with Crippen molar-refractivity contribution < 1.29 is 14.7 Å². The molecule has 1 amide bonds. The summed E-state index contributed by atoms with van der Waals surface area (Å²) in [4.78, 5) is 15.9. The Morgan fingerprint density at radius 2 is 1.96 bits per heavy atom. The van der Waals surface area contributed by atoms with Gasteiger partial charge in [-0.3, -0.25) is 10.0 Å². The molecule has 26 heavy (non-hydrogen) atoms. The van der Waals surface area contributed by atoms with Gasteiger partial charge in [-0.2, -0.15) is 0 Å². The van der Waals surface area contributed by atoms with Crippen LogP contribution in [0.15, 0.2) is 48.8 Å². The molecule has 1 aromatic heterocycles. The number of benzene rings is 2. The fourth-order valence-electron chi connectivity index (χ4n) is 2.84. The first kappa shape index (κ1) is 18.1. The zero-order valence-corrected chi connectivity index (χ0v) is 14.8. The predicted octanol–water partition coefficient (Wildman–Crippen LogP) is 3.32. The van der Waals surface area contributed by atoms with Gasteiger partial charge in [0.25, 0.3) is 5.91 Å². The van der Waals surface area contributed by atoms with Crippen molar-refractivity contribution in [2.24, 2.45) is 0 Å². The quantitative estimate of drug-likeness (QED) is 0.370. The first-order chi connectivity index (χ1) is 12.7. The summed E-state index contributed by atoms with van der Waals surface area (Å²) in [5.74, 6) is -0.530. The Morgan fingerprint density at radius 1 is 1.19 bits per heavy atom. The van der Waals surface area contributed by atoms with E-state index in [1.165, 1.54) is 11.1 Å². The molecule has 2 aromatic carbocycles.